The highest BCUT2D eigenvalue weighted by molar-refractivity contribution is 9.10. The Morgan fingerprint density at radius 2 is 1.75 bits per heavy atom. The molecular formula is C23H21BrCl2N6. The summed E-state index contributed by atoms with van der Waals surface area (Å²) in [6.45, 7) is 2.06. The highest BCUT2D eigenvalue weighted by Gasteiger charge is 2.27. The van der Waals surface area contributed by atoms with Crippen LogP contribution < -0.4 is 0 Å². The second-order valence-electron chi connectivity index (χ2n) is 8.08. The number of hydrogen-bond acceptors (Lipinski definition) is 4. The lowest BCUT2D eigenvalue weighted by Gasteiger charge is -2.21. The summed E-state index contributed by atoms with van der Waals surface area (Å²) in [4.78, 5) is 0. The van der Waals surface area contributed by atoms with Gasteiger partial charge in [0.05, 0.1) is 22.4 Å². The molecule has 0 spiro atoms. The van der Waals surface area contributed by atoms with E-state index in [0.717, 1.165) is 45.5 Å². The predicted molar refractivity (Wildman–Crippen MR) is 130 cm³/mol. The van der Waals surface area contributed by atoms with Crippen LogP contribution in [0.2, 0.25) is 10.0 Å². The van der Waals surface area contributed by atoms with Crippen LogP contribution in [0.5, 0.6) is 0 Å². The number of nitrogens with zero attached hydrogens (tertiary/aromatic N) is 6. The summed E-state index contributed by atoms with van der Waals surface area (Å²) >= 11 is 16.3. The first kappa shape index (κ1) is 21.6. The normalized spacial score (nSPS) is 14.8. The average molecular weight is 532 g/mol. The fraction of sp³-hybridized carbons (Fsp3) is 0.304. The predicted octanol–water partition coefficient (Wildman–Crippen LogP) is 7.08. The Morgan fingerprint density at radius 1 is 1.00 bits per heavy atom. The summed E-state index contributed by atoms with van der Waals surface area (Å²) < 4.78 is 4.83. The van der Waals surface area contributed by atoms with Gasteiger partial charge in [0.2, 0.25) is 5.82 Å². The summed E-state index contributed by atoms with van der Waals surface area (Å²) in [5, 5.41) is 18.8. The first-order valence-corrected chi connectivity index (χ1v) is 12.2. The highest BCUT2D eigenvalue weighted by atomic mass is 79.9. The number of halogens is 3. The van der Waals surface area contributed by atoms with Crippen molar-refractivity contribution in [3.63, 3.8) is 0 Å². The minimum absolute atomic E-state index is 0.300. The van der Waals surface area contributed by atoms with Crippen molar-refractivity contribution in [3.8, 4) is 28.5 Å². The molecule has 1 saturated carbocycles. The molecule has 0 bridgehead atoms. The number of tetrazole rings is 1. The van der Waals surface area contributed by atoms with E-state index < -0.39 is 0 Å². The van der Waals surface area contributed by atoms with Gasteiger partial charge in [-0.1, -0.05) is 70.5 Å². The van der Waals surface area contributed by atoms with Crippen LogP contribution in [0.25, 0.3) is 28.5 Å². The van der Waals surface area contributed by atoms with Crippen LogP contribution in [0.15, 0.2) is 46.9 Å². The standard InChI is InChI=1S/C23H21BrCl2N6/c1-14-21(23-27-29-30-31(23)18-5-3-2-4-6-18)28-32(20-12-11-17(25)13-19(20)26)22(14)15-7-9-16(24)10-8-15/h7-13,18H,2-6H2,1H3. The molecule has 0 saturated heterocycles. The van der Waals surface area contributed by atoms with Gasteiger partial charge in [-0.15, -0.1) is 5.10 Å². The lowest BCUT2D eigenvalue weighted by molar-refractivity contribution is 0.326. The molecule has 4 aromatic rings. The van der Waals surface area contributed by atoms with Gasteiger partial charge >= 0.3 is 0 Å². The van der Waals surface area contributed by atoms with E-state index in [2.05, 4.69) is 50.5 Å². The Labute approximate surface area is 204 Å². The largest absolute Gasteiger partial charge is 0.231 e. The fourth-order valence-corrected chi connectivity index (χ4v) is 5.16. The molecule has 6 nitrogen and oxygen atoms in total. The topological polar surface area (TPSA) is 61.4 Å². The molecule has 2 heterocycles. The summed E-state index contributed by atoms with van der Waals surface area (Å²) in [5.41, 5.74) is 4.46. The van der Waals surface area contributed by atoms with Crippen molar-refractivity contribution >= 4 is 39.1 Å². The molecule has 0 radical (unpaired) electrons. The summed E-state index contributed by atoms with van der Waals surface area (Å²) in [6.07, 6.45) is 5.83. The Balaban J connectivity index is 1.71. The van der Waals surface area contributed by atoms with Crippen molar-refractivity contribution in [1.82, 2.24) is 30.0 Å². The third-order valence-electron chi connectivity index (χ3n) is 6.00. The average Bonchev–Trinajstić information content (AvgIpc) is 3.40. The molecule has 2 aromatic carbocycles. The van der Waals surface area contributed by atoms with Gasteiger partial charge in [0.1, 0.15) is 5.69 Å². The van der Waals surface area contributed by atoms with Crippen molar-refractivity contribution in [2.75, 3.05) is 0 Å². The van der Waals surface area contributed by atoms with Gasteiger partial charge in [-0.3, -0.25) is 0 Å². The van der Waals surface area contributed by atoms with Gasteiger partial charge in [-0.2, -0.15) is 5.10 Å². The SMILES string of the molecule is Cc1c(-c2nnnn2C2CCCCC2)nn(-c2ccc(Cl)cc2Cl)c1-c1ccc(Br)cc1. The van der Waals surface area contributed by atoms with Crippen LogP contribution in [0, 0.1) is 6.92 Å². The Hall–Kier alpha value is -2.22. The van der Waals surface area contributed by atoms with Gasteiger partial charge < -0.3 is 0 Å². The maximum Gasteiger partial charge on any atom is 0.203 e. The zero-order valence-electron chi connectivity index (χ0n) is 17.5. The van der Waals surface area contributed by atoms with Crippen molar-refractivity contribution in [3.05, 3.63) is 62.5 Å². The van der Waals surface area contributed by atoms with Gasteiger partial charge in [-0.05, 0) is 60.5 Å². The van der Waals surface area contributed by atoms with Crippen LogP contribution >= 0.6 is 39.1 Å². The van der Waals surface area contributed by atoms with Crippen LogP contribution in [-0.2, 0) is 0 Å². The third-order valence-corrected chi connectivity index (χ3v) is 7.07. The van der Waals surface area contributed by atoms with Crippen molar-refractivity contribution < 1.29 is 0 Å². The molecule has 1 aliphatic rings. The molecule has 0 atom stereocenters. The Bertz CT molecular complexity index is 1260. The van der Waals surface area contributed by atoms with E-state index >= 15 is 0 Å². The lowest BCUT2D eigenvalue weighted by atomic mass is 9.95. The van der Waals surface area contributed by atoms with E-state index in [1.54, 1.807) is 6.07 Å². The van der Waals surface area contributed by atoms with Crippen LogP contribution in [0.1, 0.15) is 43.7 Å². The van der Waals surface area contributed by atoms with E-state index in [4.69, 9.17) is 28.3 Å². The molecule has 1 aliphatic carbocycles. The molecule has 5 rings (SSSR count). The maximum absolute atomic E-state index is 6.59. The molecule has 164 valence electrons. The van der Waals surface area contributed by atoms with Crippen LogP contribution in [0.3, 0.4) is 0 Å². The van der Waals surface area contributed by atoms with Gasteiger partial charge in [-0.25, -0.2) is 9.36 Å². The van der Waals surface area contributed by atoms with Crippen molar-refractivity contribution in [2.45, 2.75) is 45.1 Å². The number of rotatable bonds is 4. The molecule has 9 heteroatoms. The maximum atomic E-state index is 6.59. The Morgan fingerprint density at radius 3 is 2.47 bits per heavy atom. The molecule has 2 aromatic heterocycles. The highest BCUT2D eigenvalue weighted by Crippen LogP contribution is 2.37. The zero-order valence-corrected chi connectivity index (χ0v) is 20.6. The monoisotopic (exact) mass is 530 g/mol. The van der Waals surface area contributed by atoms with Crippen molar-refractivity contribution in [1.29, 1.82) is 0 Å². The molecule has 0 unspecified atom stereocenters. The fourth-order valence-electron chi connectivity index (χ4n) is 4.40. The van der Waals surface area contributed by atoms with E-state index in [0.29, 0.717) is 21.9 Å². The summed E-state index contributed by atoms with van der Waals surface area (Å²) in [5.74, 6) is 0.691. The minimum atomic E-state index is 0.300. The molecule has 1 fully saturated rings. The lowest BCUT2D eigenvalue weighted by Crippen LogP contribution is -2.15. The van der Waals surface area contributed by atoms with Gasteiger partial charge in [0.25, 0.3) is 0 Å². The van der Waals surface area contributed by atoms with Crippen LogP contribution in [-0.4, -0.2) is 30.0 Å². The molecular weight excluding hydrogens is 511 g/mol. The molecule has 0 N–H and O–H groups in total. The number of aromatic nitrogens is 6. The third kappa shape index (κ3) is 3.98. The molecule has 0 amide bonds. The van der Waals surface area contributed by atoms with Gasteiger partial charge in [0.15, 0.2) is 0 Å². The summed E-state index contributed by atoms with van der Waals surface area (Å²) in [7, 11) is 0. The first-order valence-electron chi connectivity index (χ1n) is 10.6. The van der Waals surface area contributed by atoms with E-state index in [-0.39, 0.29) is 0 Å². The first-order chi connectivity index (χ1) is 15.5. The summed E-state index contributed by atoms with van der Waals surface area (Å²) in [6, 6.07) is 13.9. The van der Waals surface area contributed by atoms with Gasteiger partial charge in [0, 0.05) is 20.6 Å². The quantitative estimate of drug-likeness (QED) is 0.282. The second kappa shape index (κ2) is 8.96. The number of benzene rings is 2. The van der Waals surface area contributed by atoms with E-state index in [9.17, 15) is 0 Å². The number of hydrogen-bond donors (Lipinski definition) is 0. The second-order valence-corrected chi connectivity index (χ2v) is 9.83. The van der Waals surface area contributed by atoms with Crippen LogP contribution in [0.4, 0.5) is 0 Å². The van der Waals surface area contributed by atoms with E-state index in [1.165, 1.54) is 19.3 Å². The zero-order chi connectivity index (χ0) is 22.2. The minimum Gasteiger partial charge on any atom is -0.231 e. The van der Waals surface area contributed by atoms with E-state index in [1.807, 2.05) is 33.6 Å². The Kier molecular flexibility index (Phi) is 6.05. The molecule has 0 aliphatic heterocycles. The van der Waals surface area contributed by atoms with Crippen molar-refractivity contribution in [2.24, 2.45) is 0 Å². The smallest absolute Gasteiger partial charge is 0.203 e. The molecule has 32 heavy (non-hydrogen) atoms.